The highest BCUT2D eigenvalue weighted by atomic mass is 32.1. The summed E-state index contributed by atoms with van der Waals surface area (Å²) in [6.07, 6.45) is -0.310. The highest BCUT2D eigenvalue weighted by Gasteiger charge is 2.15. The molecule has 5 aromatic rings. The average Bonchev–Trinajstić information content (AvgIpc) is 3.18. The number of para-hydroxylation sites is 1. The zero-order valence-electron chi connectivity index (χ0n) is 17.2. The second-order valence-corrected chi connectivity index (χ2v) is 7.12. The van der Waals surface area contributed by atoms with Gasteiger partial charge in [-0.25, -0.2) is 0 Å². The van der Waals surface area contributed by atoms with E-state index in [4.69, 9.17) is 9.90 Å². The van der Waals surface area contributed by atoms with E-state index in [2.05, 4.69) is 31.0 Å². The van der Waals surface area contributed by atoms with Crippen molar-refractivity contribution in [1.82, 2.24) is 4.98 Å². The van der Waals surface area contributed by atoms with Crippen LogP contribution in [0.4, 0.5) is 0 Å². The van der Waals surface area contributed by atoms with Gasteiger partial charge in [0.1, 0.15) is 11.2 Å². The van der Waals surface area contributed by atoms with Gasteiger partial charge in [0.25, 0.3) is 0 Å². The molecule has 0 aliphatic heterocycles. The number of pyridine rings is 1. The summed E-state index contributed by atoms with van der Waals surface area (Å²) in [6, 6.07) is 9.01. The Labute approximate surface area is 149 Å². The van der Waals surface area contributed by atoms with Crippen molar-refractivity contribution in [2.45, 2.75) is 13.8 Å². The standard InChI is InChI=1S/C21H15NOS/c1-12-13(2)24-20-11-17-14-6-5-7-15(18-8-3-4-9-22-18)21(14)23-19(17)10-16(12)20/h3-11H,1-2H3/i3D,4D,8D,9D. The van der Waals surface area contributed by atoms with E-state index < -0.39 is 0 Å². The van der Waals surface area contributed by atoms with Crippen LogP contribution in [0, 0.1) is 13.8 Å². The van der Waals surface area contributed by atoms with Gasteiger partial charge in [-0.05, 0) is 55.1 Å². The van der Waals surface area contributed by atoms with E-state index in [1.54, 1.807) is 17.4 Å². The van der Waals surface area contributed by atoms with Crippen LogP contribution in [0.2, 0.25) is 0 Å². The Hall–Kier alpha value is -2.65. The number of benzene rings is 2. The third kappa shape index (κ3) is 1.85. The summed E-state index contributed by atoms with van der Waals surface area (Å²) < 4.78 is 39.1. The number of hydrogen-bond acceptors (Lipinski definition) is 3. The molecule has 2 aromatic carbocycles. The molecule has 3 aromatic heterocycles. The van der Waals surface area contributed by atoms with Crippen LogP contribution in [0.3, 0.4) is 0 Å². The van der Waals surface area contributed by atoms with Crippen LogP contribution in [0.25, 0.3) is 43.3 Å². The molecule has 0 saturated heterocycles. The molecule has 0 atom stereocenters. The minimum Gasteiger partial charge on any atom is -0.455 e. The van der Waals surface area contributed by atoms with Crippen LogP contribution in [0.5, 0.6) is 0 Å². The summed E-state index contributed by atoms with van der Waals surface area (Å²) in [7, 11) is 0. The fraction of sp³-hybridized carbons (Fsp3) is 0.0952. The molecule has 0 bridgehead atoms. The molecular weight excluding hydrogens is 314 g/mol. The summed E-state index contributed by atoms with van der Waals surface area (Å²) in [6.45, 7) is 4.23. The monoisotopic (exact) mass is 333 g/mol. The number of fused-ring (bicyclic) bond motifs is 4. The first-order valence-electron chi connectivity index (χ1n) is 9.66. The predicted octanol–water partition coefficient (Wildman–Crippen LogP) is 6.48. The molecule has 3 heteroatoms. The molecule has 0 unspecified atom stereocenters. The maximum atomic E-state index is 8.23. The Morgan fingerprint density at radius 2 is 2.00 bits per heavy atom. The van der Waals surface area contributed by atoms with Crippen molar-refractivity contribution in [1.29, 1.82) is 0 Å². The number of nitrogens with zero attached hydrogens (tertiary/aromatic N) is 1. The molecule has 0 saturated carbocycles. The molecular formula is C21H15NOS. The lowest BCUT2D eigenvalue weighted by Gasteiger charge is -2.00. The van der Waals surface area contributed by atoms with Crippen molar-refractivity contribution in [3.05, 3.63) is 65.1 Å². The number of aryl methyl sites for hydroxylation is 2. The number of hydrogen-bond donors (Lipinski definition) is 0. The molecule has 0 N–H and O–H groups in total. The molecule has 0 aliphatic carbocycles. The van der Waals surface area contributed by atoms with E-state index in [0.717, 1.165) is 16.4 Å². The van der Waals surface area contributed by atoms with Gasteiger partial charge in [-0.3, -0.25) is 4.98 Å². The fourth-order valence-electron chi connectivity index (χ4n) is 3.18. The van der Waals surface area contributed by atoms with E-state index in [1.165, 1.54) is 20.5 Å². The Morgan fingerprint density at radius 1 is 1.08 bits per heavy atom. The summed E-state index contributed by atoms with van der Waals surface area (Å²) in [5, 5.41) is 3.08. The van der Waals surface area contributed by atoms with Crippen LogP contribution in [-0.2, 0) is 0 Å². The van der Waals surface area contributed by atoms with Gasteiger partial charge in [0, 0.05) is 32.1 Å². The van der Waals surface area contributed by atoms with Crippen LogP contribution in [-0.4, -0.2) is 4.98 Å². The zero-order chi connectivity index (χ0) is 19.7. The van der Waals surface area contributed by atoms with Crippen molar-refractivity contribution >= 4 is 43.4 Å². The Balaban J connectivity index is 1.87. The first kappa shape index (κ1) is 10.3. The SMILES string of the molecule is [2H]c1nc(-c2cccc3c2oc2cc4c(C)c(C)sc4cc23)c([2H])c([2H])c1[2H]. The van der Waals surface area contributed by atoms with Crippen LogP contribution in [0.15, 0.2) is 59.0 Å². The summed E-state index contributed by atoms with van der Waals surface area (Å²) in [5.41, 5.74) is 3.36. The van der Waals surface area contributed by atoms with E-state index in [1.807, 2.05) is 12.1 Å². The molecule has 3 heterocycles. The highest BCUT2D eigenvalue weighted by molar-refractivity contribution is 7.19. The summed E-state index contributed by atoms with van der Waals surface area (Å²) in [5.74, 6) is 0. The third-order valence-corrected chi connectivity index (χ3v) is 5.69. The van der Waals surface area contributed by atoms with E-state index in [0.29, 0.717) is 11.1 Å². The van der Waals surface area contributed by atoms with Gasteiger partial charge in [0.15, 0.2) is 0 Å². The first-order valence-corrected chi connectivity index (χ1v) is 8.48. The minimum absolute atomic E-state index is 0.165. The molecule has 0 aliphatic rings. The number of thiophene rings is 1. The fourth-order valence-corrected chi connectivity index (χ4v) is 4.27. The van der Waals surface area contributed by atoms with Gasteiger partial charge in [0.05, 0.1) is 11.2 Å². The lowest BCUT2D eigenvalue weighted by atomic mass is 10.1. The zero-order valence-corrected chi connectivity index (χ0v) is 14.0. The van der Waals surface area contributed by atoms with Crippen LogP contribution < -0.4 is 0 Å². The van der Waals surface area contributed by atoms with Crippen molar-refractivity contribution < 1.29 is 9.90 Å². The lowest BCUT2D eigenvalue weighted by molar-refractivity contribution is 0.670. The number of rotatable bonds is 1. The van der Waals surface area contributed by atoms with E-state index in [-0.39, 0.29) is 30.0 Å². The minimum atomic E-state index is -0.336. The smallest absolute Gasteiger partial charge is 0.144 e. The summed E-state index contributed by atoms with van der Waals surface area (Å²) >= 11 is 1.76. The molecule has 5 rings (SSSR count). The molecule has 24 heavy (non-hydrogen) atoms. The Bertz CT molecular complexity index is 1430. The van der Waals surface area contributed by atoms with Gasteiger partial charge < -0.3 is 4.42 Å². The predicted molar refractivity (Wildman–Crippen MR) is 102 cm³/mol. The first-order chi connectivity index (χ1) is 13.4. The van der Waals surface area contributed by atoms with Crippen LogP contribution in [0.1, 0.15) is 15.9 Å². The molecule has 2 nitrogen and oxygen atoms in total. The average molecular weight is 333 g/mol. The molecule has 116 valence electrons. The second-order valence-electron chi connectivity index (χ2n) is 5.86. The lowest BCUT2D eigenvalue weighted by Crippen LogP contribution is -1.81. The van der Waals surface area contributed by atoms with Crippen molar-refractivity contribution in [3.63, 3.8) is 0 Å². The van der Waals surface area contributed by atoms with Gasteiger partial charge >= 0.3 is 0 Å². The van der Waals surface area contributed by atoms with Gasteiger partial charge in [0.2, 0.25) is 0 Å². The molecule has 0 spiro atoms. The van der Waals surface area contributed by atoms with Crippen molar-refractivity contribution in [2.75, 3.05) is 0 Å². The van der Waals surface area contributed by atoms with E-state index in [9.17, 15) is 0 Å². The third-order valence-electron chi connectivity index (χ3n) is 4.52. The normalized spacial score (nSPS) is 14.1. The van der Waals surface area contributed by atoms with Gasteiger partial charge in [-0.2, -0.15) is 0 Å². The maximum absolute atomic E-state index is 8.23. The molecule has 0 fully saturated rings. The second kappa shape index (κ2) is 4.92. The van der Waals surface area contributed by atoms with E-state index >= 15 is 0 Å². The largest absolute Gasteiger partial charge is 0.455 e. The number of aromatic nitrogens is 1. The molecule has 0 radical (unpaired) electrons. The summed E-state index contributed by atoms with van der Waals surface area (Å²) in [4.78, 5) is 5.40. The Morgan fingerprint density at radius 3 is 2.92 bits per heavy atom. The van der Waals surface area contributed by atoms with Crippen LogP contribution >= 0.6 is 11.3 Å². The quantitative estimate of drug-likeness (QED) is 0.351. The Kier molecular flexibility index (Phi) is 2.10. The van der Waals surface area contributed by atoms with Crippen molar-refractivity contribution in [3.8, 4) is 11.3 Å². The highest BCUT2D eigenvalue weighted by Crippen LogP contribution is 2.39. The maximum Gasteiger partial charge on any atom is 0.144 e. The number of furan rings is 1. The molecule has 0 amide bonds. The topological polar surface area (TPSA) is 26.0 Å². The van der Waals surface area contributed by atoms with Gasteiger partial charge in [-0.15, -0.1) is 11.3 Å². The van der Waals surface area contributed by atoms with Gasteiger partial charge in [-0.1, -0.05) is 18.2 Å². The van der Waals surface area contributed by atoms with Crippen molar-refractivity contribution in [2.24, 2.45) is 0 Å².